The molecule has 1 fully saturated rings. The minimum atomic E-state index is 0.874. The number of hydrogen-bond donors (Lipinski definition) is 0. The van der Waals surface area contributed by atoms with Crippen molar-refractivity contribution in [2.75, 3.05) is 0 Å². The van der Waals surface area contributed by atoms with Gasteiger partial charge in [0.25, 0.3) is 0 Å². The van der Waals surface area contributed by atoms with E-state index in [1.165, 1.54) is 50.5 Å². The minimum Gasteiger partial charge on any atom is -0.0995 e. The van der Waals surface area contributed by atoms with Crippen LogP contribution >= 0.6 is 0 Å². The average Bonchev–Trinajstić information content (AvgIpc) is 3.23. The predicted molar refractivity (Wildman–Crippen MR) is 108 cm³/mol. The van der Waals surface area contributed by atoms with Crippen LogP contribution in [-0.2, 0) is 0 Å². The molecule has 3 atom stereocenters. The highest BCUT2D eigenvalue weighted by molar-refractivity contribution is 5.32. The van der Waals surface area contributed by atoms with Gasteiger partial charge < -0.3 is 0 Å². The molecule has 0 aliphatic heterocycles. The lowest BCUT2D eigenvalue weighted by atomic mass is 9.99. The first kappa shape index (κ1) is 19.0. The Hall–Kier alpha value is -1.30. The molecular weight excluding hydrogens is 288 g/mol. The number of fused-ring (bicyclic) bond motifs is 1. The molecule has 0 aromatic carbocycles. The molecule has 2 rings (SSSR count). The van der Waals surface area contributed by atoms with E-state index in [0.717, 1.165) is 30.6 Å². The molecule has 0 heteroatoms. The topological polar surface area (TPSA) is 0 Å². The van der Waals surface area contributed by atoms with Crippen LogP contribution in [0.2, 0.25) is 0 Å². The maximum absolute atomic E-state index is 4.19. The summed E-state index contributed by atoms with van der Waals surface area (Å²) in [7, 11) is 0. The van der Waals surface area contributed by atoms with E-state index >= 15 is 0 Å². The minimum absolute atomic E-state index is 0.874. The molecule has 0 radical (unpaired) electrons. The highest BCUT2D eigenvalue weighted by atomic mass is 14.5. The van der Waals surface area contributed by atoms with Gasteiger partial charge in [-0.25, -0.2) is 0 Å². The molecule has 3 unspecified atom stereocenters. The van der Waals surface area contributed by atoms with Crippen LogP contribution in [0.15, 0.2) is 60.3 Å². The average molecular weight is 325 g/mol. The highest BCUT2D eigenvalue weighted by Crippen LogP contribution is 2.50. The first-order chi connectivity index (χ1) is 11.7. The van der Waals surface area contributed by atoms with Crippen molar-refractivity contribution in [1.29, 1.82) is 0 Å². The third-order valence-electron chi connectivity index (χ3n) is 5.48. The van der Waals surface area contributed by atoms with Gasteiger partial charge in [0.2, 0.25) is 0 Å². The van der Waals surface area contributed by atoms with Crippen molar-refractivity contribution < 1.29 is 0 Å². The van der Waals surface area contributed by atoms with Crippen LogP contribution in [0.25, 0.3) is 0 Å². The Bertz CT molecular complexity index is 500. The zero-order valence-corrected chi connectivity index (χ0v) is 15.8. The molecule has 24 heavy (non-hydrogen) atoms. The maximum atomic E-state index is 4.19. The van der Waals surface area contributed by atoms with E-state index in [1.807, 2.05) is 0 Å². The van der Waals surface area contributed by atoms with Gasteiger partial charge in [0, 0.05) is 0 Å². The second kappa shape index (κ2) is 10.5. The summed E-state index contributed by atoms with van der Waals surface area (Å²) in [5.41, 5.74) is 2.97. The zero-order chi connectivity index (χ0) is 17.2. The molecule has 0 saturated heterocycles. The summed E-state index contributed by atoms with van der Waals surface area (Å²) in [6.07, 6.45) is 27.5. The van der Waals surface area contributed by atoms with Gasteiger partial charge in [0.05, 0.1) is 0 Å². The van der Waals surface area contributed by atoms with Gasteiger partial charge in [0.1, 0.15) is 0 Å². The molecule has 0 aromatic heterocycles. The quantitative estimate of drug-likeness (QED) is 0.197. The smallest absolute Gasteiger partial charge is 0.0130 e. The normalized spacial score (nSPS) is 25.2. The molecule has 2 aliphatic carbocycles. The van der Waals surface area contributed by atoms with Gasteiger partial charge in [-0.2, -0.15) is 0 Å². The van der Waals surface area contributed by atoms with E-state index in [0.29, 0.717) is 0 Å². The van der Waals surface area contributed by atoms with E-state index < -0.39 is 0 Å². The lowest BCUT2D eigenvalue weighted by Gasteiger charge is -2.06. The van der Waals surface area contributed by atoms with Crippen molar-refractivity contribution >= 4 is 0 Å². The van der Waals surface area contributed by atoms with Crippen LogP contribution in [0, 0.1) is 17.8 Å². The van der Waals surface area contributed by atoms with Crippen molar-refractivity contribution in [3.8, 4) is 0 Å². The first-order valence-corrected chi connectivity index (χ1v) is 10.1. The number of hydrogen-bond acceptors (Lipinski definition) is 0. The fourth-order valence-electron chi connectivity index (χ4n) is 3.66. The number of allylic oxidation sites excluding steroid dienone is 9. The summed E-state index contributed by atoms with van der Waals surface area (Å²) < 4.78 is 0. The Morgan fingerprint density at radius 3 is 2.58 bits per heavy atom. The monoisotopic (exact) mass is 324 g/mol. The summed E-state index contributed by atoms with van der Waals surface area (Å²) in [6.45, 7) is 8.74. The maximum Gasteiger partial charge on any atom is -0.0130 e. The van der Waals surface area contributed by atoms with E-state index in [4.69, 9.17) is 0 Å². The molecule has 0 bridgehead atoms. The molecule has 0 N–H and O–H groups in total. The van der Waals surface area contributed by atoms with E-state index in [1.54, 1.807) is 5.57 Å². The molecule has 2 aliphatic rings. The van der Waals surface area contributed by atoms with Crippen molar-refractivity contribution in [3.63, 3.8) is 0 Å². The molecule has 132 valence electrons. The molecular formula is C24H36. The van der Waals surface area contributed by atoms with Crippen molar-refractivity contribution in [3.05, 3.63) is 60.3 Å². The Balaban J connectivity index is 1.42. The van der Waals surface area contributed by atoms with Gasteiger partial charge in [-0.05, 0) is 56.3 Å². The summed E-state index contributed by atoms with van der Waals surface area (Å²) in [5.74, 6) is 2.66. The summed E-state index contributed by atoms with van der Waals surface area (Å²) >= 11 is 0. The van der Waals surface area contributed by atoms with E-state index in [9.17, 15) is 0 Å². The third kappa shape index (κ3) is 6.67. The van der Waals surface area contributed by atoms with Gasteiger partial charge >= 0.3 is 0 Å². The van der Waals surface area contributed by atoms with Gasteiger partial charge in [-0.15, -0.1) is 0 Å². The largest absolute Gasteiger partial charge is 0.0995 e. The third-order valence-corrected chi connectivity index (χ3v) is 5.48. The highest BCUT2D eigenvalue weighted by Gasteiger charge is 2.44. The molecule has 0 amide bonds. The van der Waals surface area contributed by atoms with Crippen molar-refractivity contribution in [2.45, 2.75) is 71.6 Å². The van der Waals surface area contributed by atoms with Gasteiger partial charge in [0.15, 0.2) is 0 Å². The first-order valence-electron chi connectivity index (χ1n) is 10.1. The standard InChI is InChI=1S/C24H36/c1-4-5-6-8-11-14-20(2)15-12-9-7-10-13-16-22-17-18-23-21(3)24(23)19-22/h5-6,8,11,17-19,21,23-24H,2,4,7,9-10,12-16H2,1,3H3. The van der Waals surface area contributed by atoms with Crippen LogP contribution in [0.3, 0.4) is 0 Å². The Morgan fingerprint density at radius 2 is 1.79 bits per heavy atom. The summed E-state index contributed by atoms with van der Waals surface area (Å²) in [6, 6.07) is 0. The second-order valence-corrected chi connectivity index (χ2v) is 7.60. The van der Waals surface area contributed by atoms with Crippen LogP contribution in [-0.4, -0.2) is 0 Å². The Kier molecular flexibility index (Phi) is 8.36. The Morgan fingerprint density at radius 1 is 1.04 bits per heavy atom. The van der Waals surface area contributed by atoms with Crippen LogP contribution < -0.4 is 0 Å². The van der Waals surface area contributed by atoms with Crippen LogP contribution in [0.1, 0.15) is 71.6 Å². The molecule has 0 heterocycles. The lowest BCUT2D eigenvalue weighted by Crippen LogP contribution is -1.89. The SMILES string of the molecule is C=C(CC=CC=CCC)CCCCCCCC1=CC2C(C)C2C=C1. The van der Waals surface area contributed by atoms with Crippen molar-refractivity contribution in [1.82, 2.24) is 0 Å². The van der Waals surface area contributed by atoms with Crippen molar-refractivity contribution in [2.24, 2.45) is 17.8 Å². The fourth-order valence-corrected chi connectivity index (χ4v) is 3.66. The molecule has 0 aromatic rings. The fraction of sp³-hybridized carbons (Fsp3) is 0.583. The van der Waals surface area contributed by atoms with Crippen LogP contribution in [0.5, 0.6) is 0 Å². The summed E-state index contributed by atoms with van der Waals surface area (Å²) in [4.78, 5) is 0. The number of unbranched alkanes of at least 4 members (excludes halogenated alkanes) is 4. The van der Waals surface area contributed by atoms with E-state index in [2.05, 4.69) is 63.0 Å². The zero-order valence-electron chi connectivity index (χ0n) is 15.8. The second-order valence-electron chi connectivity index (χ2n) is 7.60. The summed E-state index contributed by atoms with van der Waals surface area (Å²) in [5, 5.41) is 0. The Labute approximate surface area is 150 Å². The predicted octanol–water partition coefficient (Wildman–Crippen LogP) is 7.56. The van der Waals surface area contributed by atoms with E-state index in [-0.39, 0.29) is 0 Å². The van der Waals surface area contributed by atoms with Crippen LogP contribution in [0.4, 0.5) is 0 Å². The number of rotatable bonds is 12. The molecule has 0 spiro atoms. The molecule has 1 saturated carbocycles. The lowest BCUT2D eigenvalue weighted by molar-refractivity contribution is 0.610. The van der Waals surface area contributed by atoms with Gasteiger partial charge in [-0.1, -0.05) is 93.4 Å². The molecule has 0 nitrogen and oxygen atoms in total. The van der Waals surface area contributed by atoms with Gasteiger partial charge in [-0.3, -0.25) is 0 Å².